The number of anilines is 1. The maximum Gasteiger partial charge on any atom is 0.224 e. The van der Waals surface area contributed by atoms with Crippen LogP contribution < -0.4 is 11.1 Å². The first-order valence-corrected chi connectivity index (χ1v) is 5.60. The molecule has 0 atom stereocenters. The number of carbonyl (C=O) groups is 1. The molecule has 0 aromatic heterocycles. The molecule has 0 saturated heterocycles. The van der Waals surface area contributed by atoms with Gasteiger partial charge in [0.25, 0.3) is 0 Å². The molecule has 0 aliphatic rings. The lowest BCUT2D eigenvalue weighted by molar-refractivity contribution is -0.116. The molecule has 1 rings (SSSR count). The van der Waals surface area contributed by atoms with Crippen LogP contribution in [-0.4, -0.2) is 11.4 Å². The minimum Gasteiger partial charge on any atom is -0.326 e. The van der Waals surface area contributed by atoms with E-state index in [0.717, 1.165) is 6.07 Å². The molecule has 0 bridgehead atoms. The molecule has 0 fully saturated rings. The van der Waals surface area contributed by atoms with Crippen molar-refractivity contribution in [3.8, 4) is 6.07 Å². The molecular formula is C13H16FN3O. The fraction of sp³-hybridized carbons (Fsp3) is 0.385. The molecule has 3 N–H and O–H groups in total. The van der Waals surface area contributed by atoms with Gasteiger partial charge in [0.15, 0.2) is 0 Å². The first-order chi connectivity index (χ1) is 8.31. The predicted molar refractivity (Wildman–Crippen MR) is 67.2 cm³/mol. The van der Waals surface area contributed by atoms with Gasteiger partial charge >= 0.3 is 0 Å². The number of benzene rings is 1. The summed E-state index contributed by atoms with van der Waals surface area (Å²) >= 11 is 0. The Labute approximate surface area is 106 Å². The molecule has 5 heteroatoms. The van der Waals surface area contributed by atoms with Crippen LogP contribution in [0.3, 0.4) is 0 Å². The normalized spacial score (nSPS) is 10.8. The number of nitrogens with two attached hydrogens (primary N) is 1. The van der Waals surface area contributed by atoms with Gasteiger partial charge in [0.05, 0.1) is 11.3 Å². The van der Waals surface area contributed by atoms with Gasteiger partial charge in [0.2, 0.25) is 5.91 Å². The van der Waals surface area contributed by atoms with E-state index in [4.69, 9.17) is 11.0 Å². The van der Waals surface area contributed by atoms with Crippen molar-refractivity contribution in [1.29, 1.82) is 5.26 Å². The number of rotatable bonds is 4. The highest BCUT2D eigenvalue weighted by Crippen LogP contribution is 2.17. The molecule has 0 radical (unpaired) electrons. The third kappa shape index (κ3) is 4.52. The molecule has 0 unspecified atom stereocenters. The summed E-state index contributed by atoms with van der Waals surface area (Å²) in [5.74, 6) is -0.746. The highest BCUT2D eigenvalue weighted by Gasteiger charge is 2.14. The van der Waals surface area contributed by atoms with E-state index in [9.17, 15) is 9.18 Å². The summed E-state index contributed by atoms with van der Waals surface area (Å²) in [5.41, 5.74) is 5.78. The summed E-state index contributed by atoms with van der Waals surface area (Å²) in [6, 6.07) is 5.49. The van der Waals surface area contributed by atoms with Crippen LogP contribution >= 0.6 is 0 Å². The van der Waals surface area contributed by atoms with E-state index in [0.29, 0.717) is 12.1 Å². The minimum atomic E-state index is -0.507. The van der Waals surface area contributed by atoms with Gasteiger partial charge in [-0.25, -0.2) is 4.39 Å². The van der Waals surface area contributed by atoms with Crippen LogP contribution in [0.5, 0.6) is 0 Å². The van der Waals surface area contributed by atoms with Gasteiger partial charge in [-0.05, 0) is 38.5 Å². The van der Waals surface area contributed by atoms with Gasteiger partial charge < -0.3 is 11.1 Å². The van der Waals surface area contributed by atoms with Crippen LogP contribution in [-0.2, 0) is 4.79 Å². The summed E-state index contributed by atoms with van der Waals surface area (Å²) < 4.78 is 12.9. The Morgan fingerprint density at radius 3 is 2.78 bits per heavy atom. The number of carbonyl (C=O) groups excluding carboxylic acids is 1. The average molecular weight is 249 g/mol. The van der Waals surface area contributed by atoms with Crippen molar-refractivity contribution in [2.45, 2.75) is 32.2 Å². The van der Waals surface area contributed by atoms with E-state index >= 15 is 0 Å². The fourth-order valence-electron chi connectivity index (χ4n) is 1.37. The molecule has 96 valence electrons. The Morgan fingerprint density at radius 2 is 2.22 bits per heavy atom. The summed E-state index contributed by atoms with van der Waals surface area (Å²) in [6.07, 6.45) is 0.785. The van der Waals surface area contributed by atoms with Crippen LogP contribution in [0.1, 0.15) is 32.3 Å². The second-order valence-electron chi connectivity index (χ2n) is 4.84. The zero-order valence-corrected chi connectivity index (χ0v) is 10.5. The second kappa shape index (κ2) is 5.61. The summed E-state index contributed by atoms with van der Waals surface area (Å²) in [5, 5.41) is 11.4. The number of nitrogens with one attached hydrogen (secondary N) is 1. The molecule has 0 spiro atoms. The fourth-order valence-corrected chi connectivity index (χ4v) is 1.37. The first kappa shape index (κ1) is 14.1. The Hall–Kier alpha value is -1.93. The Balaban J connectivity index is 2.68. The van der Waals surface area contributed by atoms with Crippen LogP contribution in [0, 0.1) is 17.1 Å². The third-order valence-corrected chi connectivity index (χ3v) is 2.37. The largest absolute Gasteiger partial charge is 0.326 e. The number of nitriles is 1. The molecule has 18 heavy (non-hydrogen) atoms. The van der Waals surface area contributed by atoms with Crippen LogP contribution in [0.25, 0.3) is 0 Å². The lowest BCUT2D eigenvalue weighted by Crippen LogP contribution is -2.33. The minimum absolute atomic E-state index is 0.107. The number of nitrogens with zero attached hydrogens (tertiary/aromatic N) is 1. The van der Waals surface area contributed by atoms with E-state index in [1.54, 1.807) is 0 Å². The van der Waals surface area contributed by atoms with E-state index < -0.39 is 11.4 Å². The highest BCUT2D eigenvalue weighted by molar-refractivity contribution is 5.92. The number of hydrogen-bond donors (Lipinski definition) is 2. The van der Waals surface area contributed by atoms with Crippen molar-refractivity contribution in [3.05, 3.63) is 29.6 Å². The number of halogens is 1. The topological polar surface area (TPSA) is 78.9 Å². The molecule has 1 amide bonds. The van der Waals surface area contributed by atoms with Gasteiger partial charge in [0, 0.05) is 12.0 Å². The van der Waals surface area contributed by atoms with Gasteiger partial charge in [-0.15, -0.1) is 0 Å². The predicted octanol–water partition coefficient (Wildman–Crippen LogP) is 2.15. The zero-order chi connectivity index (χ0) is 13.8. The summed E-state index contributed by atoms with van der Waals surface area (Å²) in [7, 11) is 0. The van der Waals surface area contributed by atoms with Gasteiger partial charge in [-0.3, -0.25) is 4.79 Å². The first-order valence-electron chi connectivity index (χ1n) is 5.60. The Kier molecular flexibility index (Phi) is 4.40. The standard InChI is InChI=1S/C13H16FN3O/c1-13(2,16)6-5-12(18)17-11-4-3-10(14)7-9(11)8-15/h3-4,7H,5-6,16H2,1-2H3,(H,17,18). The maximum absolute atomic E-state index is 12.9. The van der Waals surface area contributed by atoms with Crippen LogP contribution in [0.4, 0.5) is 10.1 Å². The molecule has 0 saturated carbocycles. The average Bonchev–Trinajstić information content (AvgIpc) is 2.28. The van der Waals surface area contributed by atoms with Crippen LogP contribution in [0.2, 0.25) is 0 Å². The van der Waals surface area contributed by atoms with Crippen LogP contribution in [0.15, 0.2) is 18.2 Å². The van der Waals surface area contributed by atoms with E-state index in [-0.39, 0.29) is 17.9 Å². The second-order valence-corrected chi connectivity index (χ2v) is 4.84. The molecule has 0 heterocycles. The Morgan fingerprint density at radius 1 is 1.56 bits per heavy atom. The molecule has 0 aliphatic heterocycles. The highest BCUT2D eigenvalue weighted by atomic mass is 19.1. The molecular weight excluding hydrogens is 233 g/mol. The van der Waals surface area contributed by atoms with E-state index in [1.807, 2.05) is 19.9 Å². The summed E-state index contributed by atoms with van der Waals surface area (Å²) in [6.45, 7) is 3.66. The van der Waals surface area contributed by atoms with Crippen molar-refractivity contribution in [2.75, 3.05) is 5.32 Å². The van der Waals surface area contributed by atoms with Gasteiger partial charge in [-0.2, -0.15) is 5.26 Å². The monoisotopic (exact) mass is 249 g/mol. The van der Waals surface area contributed by atoms with Crippen molar-refractivity contribution in [1.82, 2.24) is 0 Å². The van der Waals surface area contributed by atoms with Crippen molar-refractivity contribution in [2.24, 2.45) is 5.73 Å². The SMILES string of the molecule is CC(C)(N)CCC(=O)Nc1ccc(F)cc1C#N. The number of amides is 1. The molecule has 1 aromatic rings. The lowest BCUT2D eigenvalue weighted by Gasteiger charge is -2.17. The van der Waals surface area contributed by atoms with Crippen molar-refractivity contribution >= 4 is 11.6 Å². The lowest BCUT2D eigenvalue weighted by atomic mass is 10.00. The maximum atomic E-state index is 12.9. The molecule has 4 nitrogen and oxygen atoms in total. The Bertz CT molecular complexity index is 486. The van der Waals surface area contributed by atoms with Crippen molar-refractivity contribution < 1.29 is 9.18 Å². The van der Waals surface area contributed by atoms with Gasteiger partial charge in [0.1, 0.15) is 11.9 Å². The van der Waals surface area contributed by atoms with E-state index in [2.05, 4.69) is 5.32 Å². The number of hydrogen-bond acceptors (Lipinski definition) is 3. The van der Waals surface area contributed by atoms with Gasteiger partial charge in [-0.1, -0.05) is 0 Å². The quantitative estimate of drug-likeness (QED) is 0.858. The van der Waals surface area contributed by atoms with Crippen molar-refractivity contribution in [3.63, 3.8) is 0 Å². The zero-order valence-electron chi connectivity index (χ0n) is 10.5. The molecule has 1 aromatic carbocycles. The molecule has 0 aliphatic carbocycles. The smallest absolute Gasteiger partial charge is 0.224 e. The van der Waals surface area contributed by atoms with E-state index in [1.165, 1.54) is 12.1 Å². The summed E-state index contributed by atoms with van der Waals surface area (Å²) in [4.78, 5) is 11.6. The third-order valence-electron chi connectivity index (χ3n) is 2.37.